The van der Waals surface area contributed by atoms with Crippen molar-refractivity contribution in [2.24, 2.45) is 0 Å². The molecule has 3 aromatic rings. The fourth-order valence-corrected chi connectivity index (χ4v) is 3.28. The lowest BCUT2D eigenvalue weighted by Crippen LogP contribution is -2.30. The number of rotatable bonds is 7. The van der Waals surface area contributed by atoms with E-state index in [9.17, 15) is 4.79 Å². The summed E-state index contributed by atoms with van der Waals surface area (Å²) < 4.78 is 5.66. The van der Waals surface area contributed by atoms with E-state index in [0.29, 0.717) is 17.0 Å². The largest absolute Gasteiger partial charge is 0.480 e. The molecule has 1 aromatic heterocycles. The maximum atomic E-state index is 12.5. The van der Waals surface area contributed by atoms with Gasteiger partial charge in [-0.25, -0.2) is 4.98 Å². The Kier molecular flexibility index (Phi) is 6.66. The molecule has 0 bridgehead atoms. The third kappa shape index (κ3) is 5.35. The third-order valence-electron chi connectivity index (χ3n) is 3.90. The van der Waals surface area contributed by atoms with E-state index in [2.05, 4.69) is 16.4 Å². The quantitative estimate of drug-likeness (QED) is 0.595. The fraction of sp³-hybridized carbons (Fsp3) is 0.136. The van der Waals surface area contributed by atoms with Crippen LogP contribution in [0.2, 0.25) is 0 Å². The molecule has 1 N–H and O–H groups in total. The van der Waals surface area contributed by atoms with Gasteiger partial charge in [-0.05, 0) is 48.9 Å². The molecule has 1 amide bonds. The number of hydrogen-bond donors (Lipinski definition) is 1. The summed E-state index contributed by atoms with van der Waals surface area (Å²) in [4.78, 5) is 16.8. The zero-order valence-electron chi connectivity index (χ0n) is 15.3. The lowest BCUT2D eigenvalue weighted by atomic mass is 10.2. The van der Waals surface area contributed by atoms with Gasteiger partial charge in [0.2, 0.25) is 0 Å². The van der Waals surface area contributed by atoms with Gasteiger partial charge in [-0.3, -0.25) is 4.79 Å². The smallest absolute Gasteiger partial charge is 0.265 e. The molecule has 0 aliphatic heterocycles. The van der Waals surface area contributed by atoms with Crippen molar-refractivity contribution in [2.75, 3.05) is 5.32 Å². The van der Waals surface area contributed by atoms with Crippen molar-refractivity contribution in [2.45, 2.75) is 23.8 Å². The number of carbonyl (C=O) groups excluding carboxylic acids is 1. The summed E-state index contributed by atoms with van der Waals surface area (Å²) in [5.41, 5.74) is 2.18. The lowest BCUT2D eigenvalue weighted by Gasteiger charge is -2.16. The topological polar surface area (TPSA) is 75.0 Å². The van der Waals surface area contributed by atoms with Crippen molar-refractivity contribution in [1.29, 1.82) is 5.26 Å². The molecule has 0 saturated carbocycles. The van der Waals surface area contributed by atoms with E-state index < -0.39 is 6.10 Å². The van der Waals surface area contributed by atoms with Gasteiger partial charge in [0, 0.05) is 17.6 Å². The molecule has 0 radical (unpaired) electrons. The van der Waals surface area contributed by atoms with Crippen molar-refractivity contribution in [3.05, 3.63) is 84.1 Å². The maximum absolute atomic E-state index is 12.5. The predicted octanol–water partition coefficient (Wildman–Crippen LogP) is 4.65. The second kappa shape index (κ2) is 9.58. The van der Waals surface area contributed by atoms with Gasteiger partial charge >= 0.3 is 0 Å². The van der Waals surface area contributed by atoms with E-state index in [1.807, 2.05) is 42.5 Å². The monoisotopic (exact) mass is 389 g/mol. The molecule has 0 saturated heterocycles. The number of aromatic nitrogens is 1. The second-order valence-corrected chi connectivity index (χ2v) is 7.01. The van der Waals surface area contributed by atoms with Crippen LogP contribution in [0.4, 0.5) is 5.69 Å². The van der Waals surface area contributed by atoms with Crippen LogP contribution >= 0.6 is 11.8 Å². The molecule has 1 atom stereocenters. The molecule has 2 aromatic carbocycles. The zero-order valence-corrected chi connectivity index (χ0v) is 16.1. The highest BCUT2D eigenvalue weighted by atomic mass is 32.2. The van der Waals surface area contributed by atoms with E-state index >= 15 is 0 Å². The maximum Gasteiger partial charge on any atom is 0.265 e. The molecule has 0 aliphatic rings. The zero-order chi connectivity index (χ0) is 19.8. The number of nitriles is 1. The van der Waals surface area contributed by atoms with Crippen LogP contribution in [-0.4, -0.2) is 17.0 Å². The van der Waals surface area contributed by atoms with Crippen molar-refractivity contribution < 1.29 is 9.53 Å². The molecule has 140 valence electrons. The van der Waals surface area contributed by atoms with Gasteiger partial charge in [0.15, 0.2) is 6.10 Å². The van der Waals surface area contributed by atoms with Crippen LogP contribution in [0.15, 0.2) is 78.0 Å². The number of nitrogens with zero attached hydrogens (tertiary/aromatic N) is 2. The number of pyridine rings is 1. The molecule has 0 unspecified atom stereocenters. The Labute approximate surface area is 168 Å². The third-order valence-corrected chi connectivity index (χ3v) is 4.91. The molecule has 28 heavy (non-hydrogen) atoms. The van der Waals surface area contributed by atoms with E-state index in [4.69, 9.17) is 10.00 Å². The molecule has 0 aliphatic carbocycles. The standard InChI is InChI=1S/C22H19N3O2S/c1-16(27-20-10-3-2-8-18(20)14-23)22(26)25-19-9-6-7-17(13-19)15-28-21-11-4-5-12-24-21/h2-13,16H,15H2,1H3,(H,25,26)/t16-/m1/s1. The Bertz CT molecular complexity index is 986. The summed E-state index contributed by atoms with van der Waals surface area (Å²) in [6.07, 6.45) is 1.03. The van der Waals surface area contributed by atoms with Crippen LogP contribution in [-0.2, 0) is 10.5 Å². The number of benzene rings is 2. The Morgan fingerprint density at radius 1 is 1.18 bits per heavy atom. The van der Waals surface area contributed by atoms with Gasteiger partial charge in [0.05, 0.1) is 10.6 Å². The number of anilines is 1. The molecular formula is C22H19N3O2S. The first-order chi connectivity index (χ1) is 13.7. The Morgan fingerprint density at radius 2 is 2.00 bits per heavy atom. The van der Waals surface area contributed by atoms with Crippen LogP contribution in [0.3, 0.4) is 0 Å². The molecule has 5 nitrogen and oxygen atoms in total. The summed E-state index contributed by atoms with van der Waals surface area (Å²) in [5.74, 6) is 0.873. The van der Waals surface area contributed by atoms with Crippen LogP contribution in [0.5, 0.6) is 5.75 Å². The lowest BCUT2D eigenvalue weighted by molar-refractivity contribution is -0.122. The molecule has 3 rings (SSSR count). The summed E-state index contributed by atoms with van der Waals surface area (Å²) in [6.45, 7) is 1.66. The van der Waals surface area contributed by atoms with Gasteiger partial charge in [0.1, 0.15) is 11.8 Å². The number of hydrogen-bond acceptors (Lipinski definition) is 5. The highest BCUT2D eigenvalue weighted by Crippen LogP contribution is 2.23. The highest BCUT2D eigenvalue weighted by Gasteiger charge is 2.16. The van der Waals surface area contributed by atoms with Crippen LogP contribution < -0.4 is 10.1 Å². The van der Waals surface area contributed by atoms with Gasteiger partial charge in [-0.1, -0.05) is 30.3 Å². The number of ether oxygens (including phenoxy) is 1. The number of para-hydroxylation sites is 1. The van der Waals surface area contributed by atoms with Gasteiger partial charge in [0.25, 0.3) is 5.91 Å². The number of nitrogens with one attached hydrogen (secondary N) is 1. The fourth-order valence-electron chi connectivity index (χ4n) is 2.48. The minimum atomic E-state index is -0.735. The first kappa shape index (κ1) is 19.5. The summed E-state index contributed by atoms with van der Waals surface area (Å²) in [5, 5.41) is 13.0. The highest BCUT2D eigenvalue weighted by molar-refractivity contribution is 7.98. The molecule has 6 heteroatoms. The first-order valence-corrected chi connectivity index (χ1v) is 9.73. The number of thioether (sulfide) groups is 1. The van der Waals surface area contributed by atoms with Gasteiger partial charge in [-0.15, -0.1) is 11.8 Å². The van der Waals surface area contributed by atoms with E-state index in [1.54, 1.807) is 49.1 Å². The Balaban J connectivity index is 1.60. The summed E-state index contributed by atoms with van der Waals surface area (Å²) in [7, 11) is 0. The predicted molar refractivity (Wildman–Crippen MR) is 110 cm³/mol. The SMILES string of the molecule is C[C@@H](Oc1ccccc1C#N)C(=O)Nc1cccc(CSc2ccccn2)c1. The number of carbonyl (C=O) groups is 1. The van der Waals surface area contributed by atoms with Crippen molar-refractivity contribution in [3.8, 4) is 11.8 Å². The van der Waals surface area contributed by atoms with Crippen LogP contribution in [0.1, 0.15) is 18.1 Å². The average Bonchev–Trinajstić information content (AvgIpc) is 2.73. The van der Waals surface area contributed by atoms with Crippen LogP contribution in [0.25, 0.3) is 0 Å². The van der Waals surface area contributed by atoms with Crippen molar-refractivity contribution in [3.63, 3.8) is 0 Å². The van der Waals surface area contributed by atoms with Gasteiger partial charge in [-0.2, -0.15) is 5.26 Å². The minimum absolute atomic E-state index is 0.276. The van der Waals surface area contributed by atoms with E-state index in [0.717, 1.165) is 16.3 Å². The molecule has 0 fully saturated rings. The second-order valence-electron chi connectivity index (χ2n) is 6.01. The summed E-state index contributed by atoms with van der Waals surface area (Å²) in [6, 6.07) is 22.4. The van der Waals surface area contributed by atoms with Crippen molar-refractivity contribution >= 4 is 23.4 Å². The minimum Gasteiger partial charge on any atom is -0.480 e. The molecule has 0 spiro atoms. The molecular weight excluding hydrogens is 370 g/mol. The van der Waals surface area contributed by atoms with Gasteiger partial charge < -0.3 is 10.1 Å². The molecule has 1 heterocycles. The van der Waals surface area contributed by atoms with Crippen LogP contribution in [0, 0.1) is 11.3 Å². The van der Waals surface area contributed by atoms with Crippen molar-refractivity contribution in [1.82, 2.24) is 4.98 Å². The average molecular weight is 389 g/mol. The Hall–Kier alpha value is -3.30. The summed E-state index contributed by atoms with van der Waals surface area (Å²) >= 11 is 1.63. The normalized spacial score (nSPS) is 11.3. The number of amides is 1. The van der Waals surface area contributed by atoms with E-state index in [1.165, 1.54) is 0 Å². The Morgan fingerprint density at radius 3 is 2.79 bits per heavy atom. The van der Waals surface area contributed by atoms with E-state index in [-0.39, 0.29) is 5.91 Å². The first-order valence-electron chi connectivity index (χ1n) is 8.75.